The average molecular weight is 697 g/mol. The van der Waals surface area contributed by atoms with E-state index >= 15 is 0 Å². The highest BCUT2D eigenvalue weighted by Crippen LogP contribution is 2.36. The molecule has 19 heteroatoms. The summed E-state index contributed by atoms with van der Waals surface area (Å²) in [6.07, 6.45) is -20.2. The molecule has 2 fully saturated rings. The van der Waals surface area contributed by atoms with Crippen molar-refractivity contribution in [2.45, 2.75) is 67.8 Å². The lowest BCUT2D eigenvalue weighted by molar-refractivity contribution is -0.306. The third-order valence-corrected chi connectivity index (χ3v) is 7.73. The Morgan fingerprint density at radius 3 is 2.14 bits per heavy atom. The number of carboxylic acid groups (broad SMARTS) is 1. The first-order valence-corrected chi connectivity index (χ1v) is 14.6. The van der Waals surface area contributed by atoms with E-state index in [0.717, 1.165) is 30.3 Å². The maximum atomic E-state index is 13.1. The van der Waals surface area contributed by atoms with Crippen LogP contribution in [0.3, 0.4) is 0 Å². The van der Waals surface area contributed by atoms with Gasteiger partial charge in [-0.15, -0.1) is 0 Å². The molecule has 5 rings (SSSR count). The summed E-state index contributed by atoms with van der Waals surface area (Å²) >= 11 is 0. The number of ether oxygens (including phenoxy) is 5. The molecule has 0 radical (unpaired) electrons. The van der Waals surface area contributed by atoms with E-state index in [-0.39, 0.29) is 47.7 Å². The van der Waals surface area contributed by atoms with Crippen molar-refractivity contribution in [3.8, 4) is 34.3 Å². The van der Waals surface area contributed by atoms with Crippen molar-refractivity contribution in [2.75, 3.05) is 13.2 Å². The van der Waals surface area contributed by atoms with Gasteiger partial charge >= 0.3 is 11.9 Å². The quantitative estimate of drug-likeness (QED) is 0.0600. The SMILES string of the molecule is O=C(O)[C@H]1O[C@H](OC(=O)[C@H]2O[C@H](Oc3cc(O)c4c(=O)cc(-c5ccc(O)c(O)c5)oc4c3)[C@H](OCCCO)[C@@H](O)[C@@H]2O)[C@H](O)[C@@H](O)[C@@H]1O. The minimum Gasteiger partial charge on any atom is -0.507 e. The fourth-order valence-corrected chi connectivity index (χ4v) is 5.18. The van der Waals surface area contributed by atoms with Crippen LogP contribution >= 0.6 is 0 Å². The summed E-state index contributed by atoms with van der Waals surface area (Å²) in [4.78, 5) is 37.4. The van der Waals surface area contributed by atoms with E-state index in [9.17, 15) is 65.4 Å². The van der Waals surface area contributed by atoms with Gasteiger partial charge in [-0.05, 0) is 24.6 Å². The summed E-state index contributed by atoms with van der Waals surface area (Å²) in [6, 6.07) is 6.75. The lowest BCUT2D eigenvalue weighted by Crippen LogP contribution is -2.64. The predicted octanol–water partition coefficient (Wildman–Crippen LogP) is -2.39. The molecular weight excluding hydrogens is 664 g/mol. The number of aliphatic carboxylic acids is 1. The van der Waals surface area contributed by atoms with E-state index in [0.29, 0.717) is 0 Å². The minimum absolute atomic E-state index is 0.0604. The van der Waals surface area contributed by atoms with E-state index in [1.807, 2.05) is 0 Å². The van der Waals surface area contributed by atoms with Gasteiger partial charge in [0, 0.05) is 37.0 Å². The van der Waals surface area contributed by atoms with E-state index in [1.54, 1.807) is 0 Å². The van der Waals surface area contributed by atoms with Gasteiger partial charge in [-0.2, -0.15) is 0 Å². The topological polar surface area (TPSA) is 313 Å². The van der Waals surface area contributed by atoms with Gasteiger partial charge in [0.15, 0.2) is 29.1 Å². The summed E-state index contributed by atoms with van der Waals surface area (Å²) in [6.45, 7) is -0.532. The van der Waals surface area contributed by atoms with Crippen LogP contribution in [0.1, 0.15) is 6.42 Å². The predicted molar refractivity (Wildman–Crippen MR) is 156 cm³/mol. The number of aliphatic hydroxyl groups is 6. The number of phenolic OH excluding ortho intramolecular Hbond substituents is 3. The average Bonchev–Trinajstić information content (AvgIpc) is 3.04. The van der Waals surface area contributed by atoms with Gasteiger partial charge < -0.3 is 79.2 Å². The van der Waals surface area contributed by atoms with Crippen LogP contribution in [0.4, 0.5) is 0 Å². The summed E-state index contributed by atoms with van der Waals surface area (Å²) in [7, 11) is 0. The van der Waals surface area contributed by atoms with Crippen LogP contribution in [0, 0.1) is 0 Å². The van der Waals surface area contributed by atoms with Crippen molar-refractivity contribution < 1.29 is 88.8 Å². The molecule has 10 N–H and O–H groups in total. The Morgan fingerprint density at radius 2 is 1.47 bits per heavy atom. The highest BCUT2D eigenvalue weighted by atomic mass is 16.8. The van der Waals surface area contributed by atoms with Crippen LogP contribution in [0.2, 0.25) is 0 Å². The minimum atomic E-state index is -2.18. The molecule has 0 bridgehead atoms. The van der Waals surface area contributed by atoms with Gasteiger partial charge in [-0.3, -0.25) is 4.79 Å². The highest BCUT2D eigenvalue weighted by molar-refractivity contribution is 5.86. The molecule has 19 nitrogen and oxygen atoms in total. The normalized spacial score (nSPS) is 30.2. The second-order valence-corrected chi connectivity index (χ2v) is 11.1. The molecule has 1 aromatic heterocycles. The van der Waals surface area contributed by atoms with Crippen LogP contribution in [0.5, 0.6) is 23.0 Å². The number of carboxylic acids is 1. The van der Waals surface area contributed by atoms with Gasteiger partial charge in [0.1, 0.15) is 64.9 Å². The van der Waals surface area contributed by atoms with Gasteiger partial charge in [0.25, 0.3) is 0 Å². The number of aromatic hydroxyl groups is 3. The van der Waals surface area contributed by atoms with Crippen molar-refractivity contribution >= 4 is 22.9 Å². The molecule has 49 heavy (non-hydrogen) atoms. The number of aliphatic hydroxyl groups excluding tert-OH is 6. The fraction of sp³-hybridized carbons (Fsp3) is 0.433. The Morgan fingerprint density at radius 1 is 0.776 bits per heavy atom. The molecule has 0 amide bonds. The number of hydrogen-bond donors (Lipinski definition) is 10. The number of esters is 1. The van der Waals surface area contributed by atoms with Crippen LogP contribution in [-0.4, -0.2) is 138 Å². The fourth-order valence-electron chi connectivity index (χ4n) is 5.18. The van der Waals surface area contributed by atoms with Crippen LogP contribution in [0.25, 0.3) is 22.3 Å². The molecule has 2 saturated heterocycles. The number of hydrogen-bond acceptors (Lipinski definition) is 18. The molecule has 0 aliphatic carbocycles. The molecule has 2 aromatic carbocycles. The van der Waals surface area contributed by atoms with Crippen molar-refractivity contribution in [3.05, 3.63) is 46.6 Å². The van der Waals surface area contributed by atoms with E-state index in [1.165, 1.54) is 6.07 Å². The summed E-state index contributed by atoms with van der Waals surface area (Å²) in [5.74, 6) is -5.24. The van der Waals surface area contributed by atoms with Gasteiger partial charge in [-0.1, -0.05) is 0 Å². The third kappa shape index (κ3) is 7.25. The monoisotopic (exact) mass is 696 g/mol. The summed E-state index contributed by atoms with van der Waals surface area (Å²) in [5.41, 5.74) is -0.772. The van der Waals surface area contributed by atoms with Crippen molar-refractivity contribution in [3.63, 3.8) is 0 Å². The Kier molecular flexibility index (Phi) is 10.6. The highest BCUT2D eigenvalue weighted by Gasteiger charge is 2.53. The molecule has 2 aliphatic rings. The zero-order valence-electron chi connectivity index (χ0n) is 25.0. The van der Waals surface area contributed by atoms with Gasteiger partial charge in [0.2, 0.25) is 12.6 Å². The van der Waals surface area contributed by atoms with Gasteiger partial charge in [-0.25, -0.2) is 9.59 Å². The smallest absolute Gasteiger partial charge is 0.340 e. The number of rotatable bonds is 10. The first-order chi connectivity index (χ1) is 23.2. The van der Waals surface area contributed by atoms with E-state index in [2.05, 4.69) is 0 Å². The Labute approximate surface area is 273 Å². The molecule has 266 valence electrons. The Balaban J connectivity index is 1.44. The second-order valence-electron chi connectivity index (χ2n) is 11.1. The molecule has 0 unspecified atom stereocenters. The Hall–Kier alpha value is -4.57. The van der Waals surface area contributed by atoms with Crippen molar-refractivity contribution in [2.24, 2.45) is 0 Å². The zero-order chi connectivity index (χ0) is 35.7. The van der Waals surface area contributed by atoms with Crippen molar-refractivity contribution in [1.82, 2.24) is 0 Å². The van der Waals surface area contributed by atoms with Crippen LogP contribution < -0.4 is 10.2 Å². The zero-order valence-corrected chi connectivity index (χ0v) is 25.0. The maximum absolute atomic E-state index is 13.1. The molecular formula is C30H32O19. The third-order valence-electron chi connectivity index (χ3n) is 7.73. The molecule has 3 heterocycles. The maximum Gasteiger partial charge on any atom is 0.340 e. The number of carbonyl (C=O) groups excluding carboxylic acids is 1. The first-order valence-electron chi connectivity index (χ1n) is 14.6. The van der Waals surface area contributed by atoms with Crippen LogP contribution in [-0.2, 0) is 28.5 Å². The lowest BCUT2D eigenvalue weighted by atomic mass is 9.97. The number of phenols is 3. The lowest BCUT2D eigenvalue weighted by Gasteiger charge is -2.42. The van der Waals surface area contributed by atoms with E-state index in [4.69, 9.17) is 28.1 Å². The number of carbonyl (C=O) groups is 2. The molecule has 2 aliphatic heterocycles. The van der Waals surface area contributed by atoms with Gasteiger partial charge in [0.05, 0.1) is 0 Å². The van der Waals surface area contributed by atoms with Crippen LogP contribution in [0.15, 0.2) is 45.6 Å². The van der Waals surface area contributed by atoms with Crippen molar-refractivity contribution in [1.29, 1.82) is 0 Å². The van der Waals surface area contributed by atoms with E-state index < -0.39 is 96.0 Å². The Bertz CT molecular complexity index is 1740. The molecule has 0 saturated carbocycles. The summed E-state index contributed by atoms with van der Waals surface area (Å²) < 4.78 is 32.6. The molecule has 10 atom stereocenters. The first kappa shape index (κ1) is 35.7. The summed E-state index contributed by atoms with van der Waals surface area (Å²) in [5, 5.41) is 100. The standard InChI is InChI=1S/C30H32O19/c31-4-1-5-44-26-22(39)21(38)25(28(43)49-29-23(40)19(36)20(37)24(47-29)27(41)42)48-30(26)45-11-7-14(34)18-15(35)9-16(46-17(18)8-11)10-2-3-12(32)13(33)6-10/h2-3,6-9,19-26,29-34,36-40H,1,4-5H2,(H,41,42)/t19-,20-,21-,22-,23+,24-,25-,26+,29+,30-/m0/s1. The number of fused-ring (bicyclic) bond motifs is 1. The second kappa shape index (κ2) is 14.5. The molecule has 3 aromatic rings. The largest absolute Gasteiger partial charge is 0.507 e. The molecule has 0 spiro atoms. The number of benzene rings is 2.